The third kappa shape index (κ3) is 4.09. The molecule has 0 atom stereocenters. The van der Waals surface area contributed by atoms with E-state index >= 15 is 0 Å². The Morgan fingerprint density at radius 2 is 1.92 bits per heavy atom. The van der Waals surface area contributed by atoms with Crippen LogP contribution in [0, 0.1) is 0 Å². The molecule has 0 saturated carbocycles. The number of anilines is 3. The van der Waals surface area contributed by atoms with Crippen molar-refractivity contribution >= 4 is 28.9 Å². The largest absolute Gasteiger partial charge is 0.497 e. The van der Waals surface area contributed by atoms with Gasteiger partial charge in [0, 0.05) is 18.7 Å². The van der Waals surface area contributed by atoms with Crippen LogP contribution < -0.4 is 20.3 Å². The summed E-state index contributed by atoms with van der Waals surface area (Å²) in [6.45, 7) is 0.834. The van der Waals surface area contributed by atoms with Crippen LogP contribution in [-0.4, -0.2) is 32.0 Å². The molecule has 2 aromatic rings. The molecule has 0 aromatic heterocycles. The summed E-state index contributed by atoms with van der Waals surface area (Å²) in [5.41, 5.74) is 2.31. The highest BCUT2D eigenvalue weighted by molar-refractivity contribution is 5.99. The lowest BCUT2D eigenvalue weighted by Crippen LogP contribution is -2.26. The molecule has 2 amide bonds. The van der Waals surface area contributed by atoms with Crippen LogP contribution in [0.5, 0.6) is 5.75 Å². The highest BCUT2D eigenvalue weighted by Gasteiger charge is 2.23. The highest BCUT2D eigenvalue weighted by Crippen LogP contribution is 2.29. The number of nitrogens with zero attached hydrogens (tertiary/aromatic N) is 1. The van der Waals surface area contributed by atoms with Crippen molar-refractivity contribution in [2.24, 2.45) is 0 Å². The second kappa shape index (κ2) is 7.70. The fraction of sp³-hybridized carbons (Fsp3) is 0.263. The van der Waals surface area contributed by atoms with Gasteiger partial charge in [0.25, 0.3) is 0 Å². The molecular formula is C19H21N3O3. The number of carbonyl (C=O) groups excluding carboxylic acids is 2. The first-order chi connectivity index (χ1) is 12.2. The SMILES string of the molecule is COc1ccc(NC(=O)CNc2ccccc2N2CCCC2=O)cc1. The Labute approximate surface area is 146 Å². The van der Waals surface area contributed by atoms with Crippen LogP contribution in [-0.2, 0) is 9.59 Å². The van der Waals surface area contributed by atoms with Crippen LogP contribution in [0.4, 0.5) is 17.1 Å². The molecule has 25 heavy (non-hydrogen) atoms. The van der Waals surface area contributed by atoms with Gasteiger partial charge in [0.05, 0.1) is 25.0 Å². The lowest BCUT2D eigenvalue weighted by molar-refractivity contribution is -0.117. The zero-order valence-electron chi connectivity index (χ0n) is 14.1. The van der Waals surface area contributed by atoms with Gasteiger partial charge in [-0.3, -0.25) is 9.59 Å². The molecule has 1 saturated heterocycles. The van der Waals surface area contributed by atoms with Crippen LogP contribution in [0.15, 0.2) is 48.5 Å². The van der Waals surface area contributed by atoms with Gasteiger partial charge < -0.3 is 20.3 Å². The lowest BCUT2D eigenvalue weighted by Gasteiger charge is -2.20. The van der Waals surface area contributed by atoms with Gasteiger partial charge >= 0.3 is 0 Å². The van der Waals surface area contributed by atoms with Crippen molar-refractivity contribution in [2.75, 3.05) is 35.7 Å². The summed E-state index contributed by atoms with van der Waals surface area (Å²) in [7, 11) is 1.60. The summed E-state index contributed by atoms with van der Waals surface area (Å²) in [5.74, 6) is 0.699. The number of amides is 2. The number of benzene rings is 2. The Kier molecular flexibility index (Phi) is 5.18. The Morgan fingerprint density at radius 3 is 2.60 bits per heavy atom. The molecule has 1 fully saturated rings. The van der Waals surface area contributed by atoms with E-state index in [1.165, 1.54) is 0 Å². The maximum absolute atomic E-state index is 12.2. The number of para-hydroxylation sites is 2. The molecule has 2 aromatic carbocycles. The minimum atomic E-state index is -0.160. The second-order valence-electron chi connectivity index (χ2n) is 5.80. The van der Waals surface area contributed by atoms with E-state index in [1.807, 2.05) is 24.3 Å². The molecule has 0 unspecified atom stereocenters. The Morgan fingerprint density at radius 1 is 1.16 bits per heavy atom. The fourth-order valence-corrected chi connectivity index (χ4v) is 2.82. The number of nitrogens with one attached hydrogen (secondary N) is 2. The van der Waals surface area contributed by atoms with E-state index < -0.39 is 0 Å². The third-order valence-corrected chi connectivity index (χ3v) is 4.08. The summed E-state index contributed by atoms with van der Waals surface area (Å²) in [5, 5.41) is 5.95. The van der Waals surface area contributed by atoms with E-state index in [9.17, 15) is 9.59 Å². The van der Waals surface area contributed by atoms with Gasteiger partial charge in [0.1, 0.15) is 5.75 Å². The van der Waals surface area contributed by atoms with Crippen LogP contribution in [0.25, 0.3) is 0 Å². The van der Waals surface area contributed by atoms with Crippen molar-refractivity contribution in [1.29, 1.82) is 0 Å². The standard InChI is InChI=1S/C19H21N3O3/c1-25-15-10-8-14(9-11-15)21-18(23)13-20-16-5-2-3-6-17(16)22-12-4-7-19(22)24/h2-3,5-6,8-11,20H,4,7,12-13H2,1H3,(H,21,23). The molecule has 0 aliphatic carbocycles. The number of hydrogen-bond donors (Lipinski definition) is 2. The maximum Gasteiger partial charge on any atom is 0.243 e. The van der Waals surface area contributed by atoms with Crippen molar-refractivity contribution in [3.05, 3.63) is 48.5 Å². The van der Waals surface area contributed by atoms with E-state index in [1.54, 1.807) is 36.3 Å². The minimum Gasteiger partial charge on any atom is -0.497 e. The minimum absolute atomic E-state index is 0.116. The van der Waals surface area contributed by atoms with Gasteiger partial charge in [0.2, 0.25) is 11.8 Å². The molecule has 0 bridgehead atoms. The molecule has 0 spiro atoms. The third-order valence-electron chi connectivity index (χ3n) is 4.08. The summed E-state index contributed by atoms with van der Waals surface area (Å²) in [6, 6.07) is 14.7. The first-order valence-corrected chi connectivity index (χ1v) is 8.24. The first kappa shape index (κ1) is 16.8. The number of ether oxygens (including phenoxy) is 1. The Hall–Kier alpha value is -3.02. The van der Waals surface area contributed by atoms with Gasteiger partial charge in [-0.1, -0.05) is 12.1 Å². The zero-order chi connectivity index (χ0) is 17.6. The summed E-state index contributed by atoms with van der Waals surface area (Å²) < 4.78 is 5.09. The summed E-state index contributed by atoms with van der Waals surface area (Å²) in [4.78, 5) is 25.9. The maximum atomic E-state index is 12.2. The number of methoxy groups -OCH3 is 1. The average molecular weight is 339 g/mol. The lowest BCUT2D eigenvalue weighted by atomic mass is 10.2. The smallest absolute Gasteiger partial charge is 0.243 e. The molecule has 0 radical (unpaired) electrons. The molecule has 1 heterocycles. The molecule has 6 nitrogen and oxygen atoms in total. The average Bonchev–Trinajstić information content (AvgIpc) is 3.06. The topological polar surface area (TPSA) is 70.7 Å². The molecule has 1 aliphatic heterocycles. The van der Waals surface area contributed by atoms with E-state index in [0.29, 0.717) is 12.1 Å². The highest BCUT2D eigenvalue weighted by atomic mass is 16.5. The summed E-state index contributed by atoms with van der Waals surface area (Å²) >= 11 is 0. The van der Waals surface area contributed by atoms with E-state index in [0.717, 1.165) is 30.1 Å². The molecule has 3 rings (SSSR count). The molecule has 1 aliphatic rings. The molecule has 2 N–H and O–H groups in total. The first-order valence-electron chi connectivity index (χ1n) is 8.24. The van der Waals surface area contributed by atoms with Crippen molar-refractivity contribution in [3.8, 4) is 5.75 Å². The second-order valence-corrected chi connectivity index (χ2v) is 5.80. The van der Waals surface area contributed by atoms with Crippen LogP contribution in [0.3, 0.4) is 0 Å². The van der Waals surface area contributed by atoms with Crippen LogP contribution in [0.1, 0.15) is 12.8 Å². The van der Waals surface area contributed by atoms with Crippen molar-refractivity contribution in [2.45, 2.75) is 12.8 Å². The predicted molar refractivity (Wildman–Crippen MR) is 98.1 cm³/mol. The molecule has 130 valence electrons. The van der Waals surface area contributed by atoms with Gasteiger partial charge in [-0.25, -0.2) is 0 Å². The number of hydrogen-bond acceptors (Lipinski definition) is 4. The quantitative estimate of drug-likeness (QED) is 0.849. The van der Waals surface area contributed by atoms with Crippen LogP contribution in [0.2, 0.25) is 0 Å². The van der Waals surface area contributed by atoms with E-state index in [4.69, 9.17) is 4.74 Å². The monoisotopic (exact) mass is 339 g/mol. The van der Waals surface area contributed by atoms with E-state index in [2.05, 4.69) is 10.6 Å². The van der Waals surface area contributed by atoms with Gasteiger partial charge in [-0.05, 0) is 42.8 Å². The number of carbonyl (C=O) groups is 2. The fourth-order valence-electron chi connectivity index (χ4n) is 2.82. The summed E-state index contributed by atoms with van der Waals surface area (Å²) in [6.07, 6.45) is 1.44. The van der Waals surface area contributed by atoms with Crippen LogP contribution >= 0.6 is 0 Å². The van der Waals surface area contributed by atoms with Gasteiger partial charge in [-0.2, -0.15) is 0 Å². The normalized spacial score (nSPS) is 13.6. The van der Waals surface area contributed by atoms with Crippen molar-refractivity contribution < 1.29 is 14.3 Å². The Balaban J connectivity index is 1.61. The van der Waals surface area contributed by atoms with Gasteiger partial charge in [-0.15, -0.1) is 0 Å². The van der Waals surface area contributed by atoms with Crippen molar-refractivity contribution in [1.82, 2.24) is 0 Å². The predicted octanol–water partition coefficient (Wildman–Crippen LogP) is 2.87. The van der Waals surface area contributed by atoms with E-state index in [-0.39, 0.29) is 18.4 Å². The van der Waals surface area contributed by atoms with Gasteiger partial charge in [0.15, 0.2) is 0 Å². The zero-order valence-corrected chi connectivity index (χ0v) is 14.1. The molecule has 6 heteroatoms. The van der Waals surface area contributed by atoms with Crippen molar-refractivity contribution in [3.63, 3.8) is 0 Å². The number of rotatable bonds is 6. The molecular weight excluding hydrogens is 318 g/mol. The Bertz CT molecular complexity index is 759.